The minimum absolute atomic E-state index is 0.0109. The van der Waals surface area contributed by atoms with Crippen LogP contribution in [0.3, 0.4) is 0 Å². The van der Waals surface area contributed by atoms with Crippen molar-refractivity contribution in [1.29, 1.82) is 0 Å². The van der Waals surface area contributed by atoms with Crippen LogP contribution in [0.4, 0.5) is 0 Å². The second-order valence-electron chi connectivity index (χ2n) is 6.85. The number of fused-ring (bicyclic) bond motifs is 1. The molecule has 20 heavy (non-hydrogen) atoms. The first-order valence-electron chi connectivity index (χ1n) is 8.22. The van der Waals surface area contributed by atoms with Gasteiger partial charge in [0.2, 0.25) is 0 Å². The van der Waals surface area contributed by atoms with E-state index in [0.717, 1.165) is 24.5 Å². The Hall–Kier alpha value is -1.02. The smallest absolute Gasteiger partial charge is 0.123 e. The Morgan fingerprint density at radius 1 is 1.25 bits per heavy atom. The van der Waals surface area contributed by atoms with E-state index >= 15 is 0 Å². The molecule has 0 amide bonds. The monoisotopic (exact) mass is 273 g/mol. The van der Waals surface area contributed by atoms with Gasteiger partial charge in [-0.1, -0.05) is 38.0 Å². The maximum Gasteiger partial charge on any atom is 0.123 e. The number of nitrogens with two attached hydrogens (primary N) is 1. The van der Waals surface area contributed by atoms with Gasteiger partial charge in [-0.3, -0.25) is 0 Å². The zero-order valence-electron chi connectivity index (χ0n) is 12.6. The van der Waals surface area contributed by atoms with Crippen LogP contribution in [0.5, 0.6) is 5.75 Å². The van der Waals surface area contributed by atoms with Gasteiger partial charge in [0.1, 0.15) is 11.9 Å². The van der Waals surface area contributed by atoms with Gasteiger partial charge in [0.15, 0.2) is 0 Å². The summed E-state index contributed by atoms with van der Waals surface area (Å²) in [7, 11) is 0. The molecular formula is C18H27NO. The summed E-state index contributed by atoms with van der Waals surface area (Å²) in [6.45, 7) is 2.29. The minimum Gasteiger partial charge on any atom is -0.490 e. The van der Waals surface area contributed by atoms with Crippen LogP contribution < -0.4 is 10.5 Å². The molecule has 0 bridgehead atoms. The second kappa shape index (κ2) is 5.77. The number of ether oxygens (including phenoxy) is 1. The van der Waals surface area contributed by atoms with Crippen molar-refractivity contribution in [3.63, 3.8) is 0 Å². The van der Waals surface area contributed by atoms with Crippen LogP contribution in [0.1, 0.15) is 57.4 Å². The topological polar surface area (TPSA) is 35.2 Å². The summed E-state index contributed by atoms with van der Waals surface area (Å²) in [5.41, 5.74) is 8.01. The van der Waals surface area contributed by atoms with Crippen LogP contribution >= 0.6 is 0 Å². The Kier molecular flexibility index (Phi) is 4.02. The predicted molar refractivity (Wildman–Crippen MR) is 83.0 cm³/mol. The fourth-order valence-corrected chi connectivity index (χ4v) is 3.97. The molecule has 2 nitrogen and oxygen atoms in total. The number of hydrogen-bond acceptors (Lipinski definition) is 2. The van der Waals surface area contributed by atoms with Crippen LogP contribution in [0.15, 0.2) is 24.3 Å². The Morgan fingerprint density at radius 3 is 2.70 bits per heavy atom. The molecule has 1 fully saturated rings. The minimum atomic E-state index is 0.0109. The van der Waals surface area contributed by atoms with E-state index in [1.54, 1.807) is 0 Å². The molecule has 1 aromatic rings. The van der Waals surface area contributed by atoms with E-state index in [-0.39, 0.29) is 5.54 Å². The fraction of sp³-hybridized carbons (Fsp3) is 0.667. The van der Waals surface area contributed by atoms with Gasteiger partial charge >= 0.3 is 0 Å². The first-order valence-corrected chi connectivity index (χ1v) is 8.22. The molecular weight excluding hydrogens is 246 g/mol. The van der Waals surface area contributed by atoms with E-state index in [1.807, 2.05) is 0 Å². The molecule has 0 spiro atoms. The highest BCUT2D eigenvalue weighted by Crippen LogP contribution is 2.38. The van der Waals surface area contributed by atoms with Crippen LogP contribution in [0.25, 0.3) is 0 Å². The maximum absolute atomic E-state index is 6.65. The zero-order chi connectivity index (χ0) is 14.0. The Balaban J connectivity index is 1.54. The Morgan fingerprint density at radius 2 is 2.00 bits per heavy atom. The van der Waals surface area contributed by atoms with Crippen LogP contribution in [0, 0.1) is 5.92 Å². The summed E-state index contributed by atoms with van der Waals surface area (Å²) in [5, 5.41) is 0. The van der Waals surface area contributed by atoms with Crippen molar-refractivity contribution in [3.8, 4) is 5.75 Å². The van der Waals surface area contributed by atoms with E-state index in [2.05, 4.69) is 31.2 Å². The highest BCUT2D eigenvalue weighted by Gasteiger charge is 2.36. The number of hydrogen-bond donors (Lipinski definition) is 1. The van der Waals surface area contributed by atoms with E-state index in [1.165, 1.54) is 44.1 Å². The van der Waals surface area contributed by atoms with Gasteiger partial charge in [-0.25, -0.2) is 0 Å². The summed E-state index contributed by atoms with van der Waals surface area (Å²) in [4.78, 5) is 0. The number of rotatable bonds is 4. The molecule has 1 aliphatic heterocycles. The summed E-state index contributed by atoms with van der Waals surface area (Å²) < 4.78 is 6.07. The van der Waals surface area contributed by atoms with E-state index in [0.29, 0.717) is 6.10 Å². The number of benzene rings is 1. The second-order valence-corrected chi connectivity index (χ2v) is 6.85. The lowest BCUT2D eigenvalue weighted by atomic mass is 9.73. The number of para-hydroxylation sites is 1. The van der Waals surface area contributed by atoms with Crippen molar-refractivity contribution in [3.05, 3.63) is 29.8 Å². The largest absolute Gasteiger partial charge is 0.490 e. The van der Waals surface area contributed by atoms with Gasteiger partial charge < -0.3 is 10.5 Å². The predicted octanol–water partition coefficient (Wildman–Crippen LogP) is 4.07. The Labute approximate surface area is 122 Å². The fourth-order valence-electron chi connectivity index (χ4n) is 3.97. The third-order valence-corrected chi connectivity index (χ3v) is 5.15. The SMILES string of the molecule is CCCC1CCC(N)(CC2Cc3ccccc3O2)CC1. The van der Waals surface area contributed by atoms with E-state index in [9.17, 15) is 0 Å². The van der Waals surface area contributed by atoms with Crippen molar-refractivity contribution in [2.75, 3.05) is 0 Å². The normalized spacial score (nSPS) is 32.7. The highest BCUT2D eigenvalue weighted by atomic mass is 16.5. The van der Waals surface area contributed by atoms with Crippen molar-refractivity contribution < 1.29 is 4.74 Å². The third kappa shape index (κ3) is 3.01. The first kappa shape index (κ1) is 13.9. The maximum atomic E-state index is 6.65. The van der Waals surface area contributed by atoms with Crippen LogP contribution in [0.2, 0.25) is 0 Å². The molecule has 3 rings (SSSR count). The highest BCUT2D eigenvalue weighted by molar-refractivity contribution is 5.37. The van der Waals surface area contributed by atoms with Crippen molar-refractivity contribution in [2.24, 2.45) is 11.7 Å². The molecule has 1 aliphatic carbocycles. The van der Waals surface area contributed by atoms with Crippen LogP contribution in [-0.4, -0.2) is 11.6 Å². The van der Waals surface area contributed by atoms with Crippen molar-refractivity contribution in [1.82, 2.24) is 0 Å². The van der Waals surface area contributed by atoms with Gasteiger partial charge in [-0.2, -0.15) is 0 Å². The summed E-state index contributed by atoms with van der Waals surface area (Å²) in [6.07, 6.45) is 9.99. The molecule has 2 heteroatoms. The molecule has 1 saturated carbocycles. The van der Waals surface area contributed by atoms with Gasteiger partial charge in [-0.15, -0.1) is 0 Å². The molecule has 2 N–H and O–H groups in total. The summed E-state index contributed by atoms with van der Waals surface area (Å²) in [6, 6.07) is 8.40. The quantitative estimate of drug-likeness (QED) is 0.897. The van der Waals surface area contributed by atoms with Gasteiger partial charge in [0, 0.05) is 18.4 Å². The molecule has 0 radical (unpaired) electrons. The molecule has 2 aliphatic rings. The zero-order valence-corrected chi connectivity index (χ0v) is 12.6. The molecule has 1 aromatic carbocycles. The molecule has 1 atom stereocenters. The van der Waals surface area contributed by atoms with E-state index in [4.69, 9.17) is 10.5 Å². The average molecular weight is 273 g/mol. The van der Waals surface area contributed by atoms with E-state index < -0.39 is 0 Å². The summed E-state index contributed by atoms with van der Waals surface area (Å²) >= 11 is 0. The molecule has 110 valence electrons. The van der Waals surface area contributed by atoms with Gasteiger partial charge in [0.05, 0.1) is 0 Å². The third-order valence-electron chi connectivity index (χ3n) is 5.15. The lowest BCUT2D eigenvalue weighted by Crippen LogP contribution is -2.46. The molecule has 0 saturated heterocycles. The molecule has 0 aromatic heterocycles. The Bertz CT molecular complexity index is 423. The van der Waals surface area contributed by atoms with Gasteiger partial charge in [0.25, 0.3) is 0 Å². The standard InChI is InChI=1S/C18H27NO/c1-2-5-14-8-10-18(19,11-9-14)13-16-12-15-6-3-4-7-17(15)20-16/h3-4,6-7,14,16H,2,5,8-13,19H2,1H3. The van der Waals surface area contributed by atoms with Crippen LogP contribution in [-0.2, 0) is 6.42 Å². The van der Waals surface area contributed by atoms with Gasteiger partial charge in [-0.05, 0) is 43.2 Å². The first-order chi connectivity index (χ1) is 9.68. The molecule has 1 heterocycles. The molecule has 1 unspecified atom stereocenters. The van der Waals surface area contributed by atoms with Crippen molar-refractivity contribution in [2.45, 2.75) is 69.9 Å². The van der Waals surface area contributed by atoms with Crippen molar-refractivity contribution >= 4 is 0 Å². The lowest BCUT2D eigenvalue weighted by Gasteiger charge is -2.38. The summed E-state index contributed by atoms with van der Waals surface area (Å²) in [5.74, 6) is 1.99. The average Bonchev–Trinajstić information content (AvgIpc) is 2.83. The lowest BCUT2D eigenvalue weighted by molar-refractivity contribution is 0.137.